The molecule has 0 spiro atoms. The molecule has 4 nitrogen and oxygen atoms in total. The van der Waals surface area contributed by atoms with E-state index in [9.17, 15) is 14.0 Å². The van der Waals surface area contributed by atoms with Gasteiger partial charge >= 0.3 is 0 Å². The van der Waals surface area contributed by atoms with Gasteiger partial charge in [-0.05, 0) is 43.5 Å². The van der Waals surface area contributed by atoms with E-state index in [0.29, 0.717) is 12.1 Å². The Morgan fingerprint density at radius 2 is 1.95 bits per heavy atom. The summed E-state index contributed by atoms with van der Waals surface area (Å²) in [7, 11) is 0. The quantitative estimate of drug-likeness (QED) is 0.903. The average Bonchev–Trinajstić information content (AvgIpc) is 2.39. The highest BCUT2D eigenvalue weighted by atomic mass is 19.1. The van der Waals surface area contributed by atoms with Crippen molar-refractivity contribution in [1.82, 2.24) is 4.90 Å². The van der Waals surface area contributed by atoms with Gasteiger partial charge in [0.05, 0.1) is 0 Å². The molecule has 0 aromatic heterocycles. The van der Waals surface area contributed by atoms with Crippen LogP contribution in [0.3, 0.4) is 0 Å². The van der Waals surface area contributed by atoms with Crippen LogP contribution < -0.4 is 5.73 Å². The third kappa shape index (κ3) is 3.30. The van der Waals surface area contributed by atoms with Gasteiger partial charge in [0.1, 0.15) is 5.82 Å². The number of benzene rings is 1. The maximum atomic E-state index is 12.9. The molecule has 1 atom stereocenters. The van der Waals surface area contributed by atoms with Crippen molar-refractivity contribution in [2.75, 3.05) is 6.54 Å². The minimum atomic E-state index is -0.399. The molecule has 0 radical (unpaired) electrons. The van der Waals surface area contributed by atoms with Gasteiger partial charge in [-0.2, -0.15) is 0 Å². The van der Waals surface area contributed by atoms with Crippen LogP contribution in [0.25, 0.3) is 0 Å². The average molecular weight is 264 g/mol. The van der Waals surface area contributed by atoms with E-state index in [2.05, 4.69) is 0 Å². The van der Waals surface area contributed by atoms with Crippen molar-refractivity contribution < 1.29 is 14.0 Å². The van der Waals surface area contributed by atoms with Crippen LogP contribution in [0.1, 0.15) is 36.0 Å². The van der Waals surface area contributed by atoms with Gasteiger partial charge in [-0.15, -0.1) is 0 Å². The molecule has 1 saturated heterocycles. The van der Waals surface area contributed by atoms with Crippen molar-refractivity contribution in [2.24, 2.45) is 5.73 Å². The highest BCUT2D eigenvalue weighted by Crippen LogP contribution is 2.22. The third-order valence-corrected chi connectivity index (χ3v) is 3.42. The Morgan fingerprint density at radius 1 is 1.26 bits per heavy atom. The van der Waals surface area contributed by atoms with Crippen LogP contribution in [0.2, 0.25) is 0 Å². The van der Waals surface area contributed by atoms with E-state index in [4.69, 9.17) is 5.73 Å². The van der Waals surface area contributed by atoms with Crippen molar-refractivity contribution in [2.45, 2.75) is 31.7 Å². The Morgan fingerprint density at radius 3 is 2.58 bits per heavy atom. The summed E-state index contributed by atoms with van der Waals surface area (Å²) in [4.78, 5) is 25.1. The van der Waals surface area contributed by atoms with E-state index in [1.807, 2.05) is 0 Å². The predicted molar refractivity (Wildman–Crippen MR) is 68.9 cm³/mol. The number of rotatable bonds is 3. The fourth-order valence-corrected chi connectivity index (χ4v) is 2.47. The molecule has 1 fully saturated rings. The minimum Gasteiger partial charge on any atom is -0.370 e. The number of amides is 2. The maximum Gasteiger partial charge on any atom is 0.254 e. The van der Waals surface area contributed by atoms with Gasteiger partial charge < -0.3 is 10.6 Å². The van der Waals surface area contributed by atoms with Crippen LogP contribution in [-0.2, 0) is 4.79 Å². The summed E-state index contributed by atoms with van der Waals surface area (Å²) in [5.74, 6) is -0.932. The summed E-state index contributed by atoms with van der Waals surface area (Å²) in [5.41, 5.74) is 5.66. The molecular formula is C14H17FN2O2. The third-order valence-electron chi connectivity index (χ3n) is 3.42. The number of hydrogen-bond acceptors (Lipinski definition) is 2. The van der Waals surface area contributed by atoms with Crippen LogP contribution in [0.4, 0.5) is 4.39 Å². The second-order valence-electron chi connectivity index (χ2n) is 4.83. The molecule has 1 heterocycles. The zero-order valence-corrected chi connectivity index (χ0v) is 10.6. The second kappa shape index (κ2) is 5.82. The largest absolute Gasteiger partial charge is 0.370 e. The molecule has 0 unspecified atom stereocenters. The number of likely N-dealkylation sites (tertiary alicyclic amines) is 1. The Hall–Kier alpha value is -1.91. The van der Waals surface area contributed by atoms with Crippen molar-refractivity contribution in [1.29, 1.82) is 0 Å². The van der Waals surface area contributed by atoms with Crippen molar-refractivity contribution in [3.63, 3.8) is 0 Å². The first-order chi connectivity index (χ1) is 9.08. The Bertz CT molecular complexity index is 473. The molecule has 1 aliphatic heterocycles. The lowest BCUT2D eigenvalue weighted by atomic mass is 9.98. The van der Waals surface area contributed by atoms with Gasteiger partial charge in [-0.1, -0.05) is 0 Å². The fraction of sp³-hybridized carbons (Fsp3) is 0.429. The van der Waals surface area contributed by atoms with Gasteiger partial charge in [0.2, 0.25) is 5.91 Å². The van der Waals surface area contributed by atoms with Crippen LogP contribution >= 0.6 is 0 Å². The zero-order chi connectivity index (χ0) is 13.8. The molecule has 102 valence electrons. The van der Waals surface area contributed by atoms with Gasteiger partial charge in [0.15, 0.2) is 0 Å². The minimum absolute atomic E-state index is 0.135. The van der Waals surface area contributed by atoms with E-state index in [-0.39, 0.29) is 24.2 Å². The van der Waals surface area contributed by atoms with Crippen LogP contribution in [0, 0.1) is 5.82 Å². The molecule has 5 heteroatoms. The number of hydrogen-bond donors (Lipinski definition) is 1. The number of halogens is 1. The fourth-order valence-electron chi connectivity index (χ4n) is 2.47. The second-order valence-corrected chi connectivity index (χ2v) is 4.83. The Balaban J connectivity index is 2.15. The highest BCUT2D eigenvalue weighted by molar-refractivity contribution is 5.94. The number of nitrogens with two attached hydrogens (primary N) is 1. The van der Waals surface area contributed by atoms with E-state index in [0.717, 1.165) is 19.3 Å². The smallest absolute Gasteiger partial charge is 0.254 e. The molecule has 0 bridgehead atoms. The molecule has 0 saturated carbocycles. The van der Waals surface area contributed by atoms with Crippen molar-refractivity contribution >= 4 is 11.8 Å². The Kier molecular flexibility index (Phi) is 4.14. The standard InChI is InChI=1S/C14H17FN2O2/c15-11-6-4-10(5-7-11)14(19)17-8-2-1-3-12(17)9-13(16)18/h4-7,12H,1-3,8-9H2,(H2,16,18)/t12-/m1/s1. The van der Waals surface area contributed by atoms with Crippen LogP contribution in [-0.4, -0.2) is 29.3 Å². The lowest BCUT2D eigenvalue weighted by Gasteiger charge is -2.35. The number of primary amides is 1. The van der Waals surface area contributed by atoms with Crippen molar-refractivity contribution in [3.05, 3.63) is 35.6 Å². The summed E-state index contributed by atoms with van der Waals surface area (Å²) in [6, 6.07) is 5.32. The number of carbonyl (C=O) groups is 2. The van der Waals surface area contributed by atoms with Gasteiger partial charge in [0, 0.05) is 24.6 Å². The van der Waals surface area contributed by atoms with E-state index < -0.39 is 5.91 Å². The number of nitrogens with zero attached hydrogens (tertiary/aromatic N) is 1. The first kappa shape index (κ1) is 13.5. The summed E-state index contributed by atoms with van der Waals surface area (Å²) in [5, 5.41) is 0. The molecule has 19 heavy (non-hydrogen) atoms. The molecule has 2 amide bonds. The first-order valence-corrected chi connectivity index (χ1v) is 6.43. The zero-order valence-electron chi connectivity index (χ0n) is 10.6. The summed E-state index contributed by atoms with van der Waals surface area (Å²) < 4.78 is 12.9. The number of carbonyl (C=O) groups excluding carboxylic acids is 2. The topological polar surface area (TPSA) is 63.4 Å². The molecule has 1 aromatic rings. The van der Waals surface area contributed by atoms with Gasteiger partial charge in [-0.25, -0.2) is 4.39 Å². The summed E-state index contributed by atoms with van der Waals surface area (Å²) in [6.07, 6.45) is 2.89. The monoisotopic (exact) mass is 264 g/mol. The van der Waals surface area contributed by atoms with Crippen LogP contribution in [0.5, 0.6) is 0 Å². The van der Waals surface area contributed by atoms with Gasteiger partial charge in [0.25, 0.3) is 5.91 Å². The first-order valence-electron chi connectivity index (χ1n) is 6.43. The molecular weight excluding hydrogens is 247 g/mol. The molecule has 2 rings (SSSR count). The molecule has 2 N–H and O–H groups in total. The SMILES string of the molecule is NC(=O)C[C@H]1CCCCN1C(=O)c1ccc(F)cc1. The van der Waals surface area contributed by atoms with E-state index in [1.54, 1.807) is 4.90 Å². The highest BCUT2D eigenvalue weighted by Gasteiger charge is 2.28. The number of piperidine rings is 1. The summed E-state index contributed by atoms with van der Waals surface area (Å²) >= 11 is 0. The molecule has 1 aliphatic rings. The van der Waals surface area contributed by atoms with E-state index in [1.165, 1.54) is 24.3 Å². The lowest BCUT2D eigenvalue weighted by Crippen LogP contribution is -2.45. The molecule has 1 aromatic carbocycles. The van der Waals surface area contributed by atoms with E-state index >= 15 is 0 Å². The predicted octanol–water partition coefficient (Wildman–Crippen LogP) is 1.70. The van der Waals surface area contributed by atoms with Crippen molar-refractivity contribution in [3.8, 4) is 0 Å². The Labute approximate surface area is 111 Å². The lowest BCUT2D eigenvalue weighted by molar-refractivity contribution is -0.119. The maximum absolute atomic E-state index is 12.9. The summed E-state index contributed by atoms with van der Waals surface area (Å²) in [6.45, 7) is 0.619. The van der Waals surface area contributed by atoms with Gasteiger partial charge in [-0.3, -0.25) is 9.59 Å². The normalized spacial score (nSPS) is 19.2. The molecule has 0 aliphatic carbocycles. The van der Waals surface area contributed by atoms with Crippen LogP contribution in [0.15, 0.2) is 24.3 Å².